The summed E-state index contributed by atoms with van der Waals surface area (Å²) in [5.41, 5.74) is 1.53. The molecule has 8 heteroatoms. The van der Waals surface area contributed by atoms with Crippen LogP contribution in [0.25, 0.3) is 22.2 Å². The number of benzene rings is 2. The van der Waals surface area contributed by atoms with Crippen molar-refractivity contribution < 1.29 is 9.21 Å². The Hall–Kier alpha value is -3.16. The van der Waals surface area contributed by atoms with Gasteiger partial charge in [0.25, 0.3) is 0 Å². The van der Waals surface area contributed by atoms with Gasteiger partial charge in [-0.25, -0.2) is 9.78 Å². The molecule has 0 radical (unpaired) electrons. The van der Waals surface area contributed by atoms with Gasteiger partial charge in [-0.05, 0) is 24.3 Å². The van der Waals surface area contributed by atoms with Crippen molar-refractivity contribution in [1.82, 2.24) is 4.98 Å². The number of amides is 1. The highest BCUT2D eigenvalue weighted by Gasteiger charge is 2.13. The van der Waals surface area contributed by atoms with Crippen LogP contribution in [-0.2, 0) is 4.79 Å². The maximum Gasteiger partial charge on any atom is 0.345 e. The van der Waals surface area contributed by atoms with E-state index in [1.807, 2.05) is 24.3 Å². The molecule has 0 spiro atoms. The molecule has 0 bridgehead atoms. The number of hydrogen-bond acceptors (Lipinski definition) is 6. The zero-order valence-electron chi connectivity index (χ0n) is 14.4. The fourth-order valence-corrected chi connectivity index (χ4v) is 3.57. The standard InChI is InChI=1S/C20H14ClN3O3S/c21-14-6-2-3-7-15(14)22-10-18(25)24-20-23-16(11-28-20)13-9-12-5-1-4-8-17(12)27-19(13)26/h1-9,11,22H,10H2,(H,23,24,25). The summed E-state index contributed by atoms with van der Waals surface area (Å²) >= 11 is 7.29. The first-order chi connectivity index (χ1) is 13.6. The maximum atomic E-state index is 12.2. The van der Waals surface area contributed by atoms with E-state index in [4.69, 9.17) is 16.0 Å². The molecule has 2 heterocycles. The smallest absolute Gasteiger partial charge is 0.345 e. The number of carbonyl (C=O) groups is 1. The summed E-state index contributed by atoms with van der Waals surface area (Å²) in [6.45, 7) is 0.0385. The molecule has 28 heavy (non-hydrogen) atoms. The third-order valence-electron chi connectivity index (χ3n) is 3.98. The van der Waals surface area contributed by atoms with Gasteiger partial charge in [-0.15, -0.1) is 11.3 Å². The Morgan fingerprint density at radius 3 is 2.79 bits per heavy atom. The van der Waals surface area contributed by atoms with E-state index in [0.717, 1.165) is 5.39 Å². The molecule has 4 aromatic rings. The largest absolute Gasteiger partial charge is 0.422 e. The van der Waals surface area contributed by atoms with Gasteiger partial charge in [0.05, 0.1) is 28.5 Å². The Labute approximate surface area is 168 Å². The second kappa shape index (κ2) is 7.84. The van der Waals surface area contributed by atoms with Crippen molar-refractivity contribution in [2.45, 2.75) is 0 Å². The fourth-order valence-electron chi connectivity index (χ4n) is 2.64. The minimum absolute atomic E-state index is 0.0385. The van der Waals surface area contributed by atoms with Crippen LogP contribution < -0.4 is 16.3 Å². The van der Waals surface area contributed by atoms with Crippen molar-refractivity contribution in [3.8, 4) is 11.3 Å². The molecule has 0 unspecified atom stereocenters. The summed E-state index contributed by atoms with van der Waals surface area (Å²) in [5.74, 6) is -0.272. The first kappa shape index (κ1) is 18.2. The van der Waals surface area contributed by atoms with Crippen molar-refractivity contribution in [2.24, 2.45) is 0 Å². The summed E-state index contributed by atoms with van der Waals surface area (Å²) in [6.07, 6.45) is 0. The monoisotopic (exact) mass is 411 g/mol. The molecule has 4 rings (SSSR count). The van der Waals surface area contributed by atoms with Crippen LogP contribution in [0.4, 0.5) is 10.8 Å². The average molecular weight is 412 g/mol. The number of thiazole rings is 1. The lowest BCUT2D eigenvalue weighted by molar-refractivity contribution is -0.114. The molecule has 0 fully saturated rings. The number of anilines is 2. The molecular formula is C20H14ClN3O3S. The van der Waals surface area contributed by atoms with Gasteiger partial charge in [-0.3, -0.25) is 4.79 Å². The maximum absolute atomic E-state index is 12.2. The molecule has 0 aliphatic rings. The van der Waals surface area contributed by atoms with E-state index >= 15 is 0 Å². The Morgan fingerprint density at radius 1 is 1.14 bits per heavy atom. The van der Waals surface area contributed by atoms with Crippen molar-refractivity contribution >= 4 is 50.6 Å². The molecule has 0 saturated heterocycles. The predicted octanol–water partition coefficient (Wildman–Crippen LogP) is 4.62. The highest BCUT2D eigenvalue weighted by molar-refractivity contribution is 7.14. The predicted molar refractivity (Wildman–Crippen MR) is 112 cm³/mol. The van der Waals surface area contributed by atoms with Gasteiger partial charge in [-0.2, -0.15) is 0 Å². The summed E-state index contributed by atoms with van der Waals surface area (Å²) in [4.78, 5) is 28.7. The summed E-state index contributed by atoms with van der Waals surface area (Å²) in [7, 11) is 0. The summed E-state index contributed by atoms with van der Waals surface area (Å²) < 4.78 is 5.34. The summed E-state index contributed by atoms with van der Waals surface area (Å²) in [5, 5.41) is 9.12. The van der Waals surface area contributed by atoms with Crippen molar-refractivity contribution in [3.05, 3.63) is 75.4 Å². The van der Waals surface area contributed by atoms with Crippen LogP contribution >= 0.6 is 22.9 Å². The number of carbonyl (C=O) groups excluding carboxylic acids is 1. The topological polar surface area (TPSA) is 84.2 Å². The van der Waals surface area contributed by atoms with E-state index in [-0.39, 0.29) is 12.5 Å². The van der Waals surface area contributed by atoms with Gasteiger partial charge in [0.2, 0.25) is 5.91 Å². The van der Waals surface area contributed by atoms with E-state index < -0.39 is 5.63 Å². The zero-order valence-corrected chi connectivity index (χ0v) is 16.0. The quantitative estimate of drug-likeness (QED) is 0.468. The van der Waals surface area contributed by atoms with Gasteiger partial charge in [0.1, 0.15) is 5.58 Å². The number of nitrogens with one attached hydrogen (secondary N) is 2. The molecule has 0 aliphatic carbocycles. The normalized spacial score (nSPS) is 10.8. The first-order valence-electron chi connectivity index (χ1n) is 8.37. The van der Waals surface area contributed by atoms with Crippen LogP contribution in [0.2, 0.25) is 5.02 Å². The minimum atomic E-state index is -0.470. The van der Waals surface area contributed by atoms with Gasteiger partial charge < -0.3 is 15.1 Å². The molecule has 0 atom stereocenters. The highest BCUT2D eigenvalue weighted by atomic mass is 35.5. The number of para-hydroxylation sites is 2. The Balaban J connectivity index is 1.47. The lowest BCUT2D eigenvalue weighted by Gasteiger charge is -2.07. The lowest BCUT2D eigenvalue weighted by atomic mass is 10.1. The number of rotatable bonds is 5. The SMILES string of the molecule is O=C(CNc1ccccc1Cl)Nc1nc(-c2cc3ccccc3oc2=O)cs1. The fraction of sp³-hybridized carbons (Fsp3) is 0.0500. The molecular weight excluding hydrogens is 398 g/mol. The van der Waals surface area contributed by atoms with Crippen LogP contribution in [0.3, 0.4) is 0 Å². The third kappa shape index (κ3) is 3.90. The van der Waals surface area contributed by atoms with E-state index in [2.05, 4.69) is 15.6 Å². The molecule has 0 aliphatic heterocycles. The number of hydrogen-bond donors (Lipinski definition) is 2. The van der Waals surface area contributed by atoms with Crippen molar-refractivity contribution in [3.63, 3.8) is 0 Å². The van der Waals surface area contributed by atoms with Crippen molar-refractivity contribution in [1.29, 1.82) is 0 Å². The number of nitrogens with zero attached hydrogens (tertiary/aromatic N) is 1. The van der Waals surface area contributed by atoms with Crippen molar-refractivity contribution in [2.75, 3.05) is 17.2 Å². The number of fused-ring (bicyclic) bond motifs is 1. The molecule has 1 amide bonds. The number of aromatic nitrogens is 1. The van der Waals surface area contributed by atoms with Gasteiger partial charge >= 0.3 is 5.63 Å². The minimum Gasteiger partial charge on any atom is -0.422 e. The molecule has 2 aromatic heterocycles. The van der Waals surface area contributed by atoms with E-state index in [0.29, 0.717) is 32.7 Å². The molecule has 2 aromatic carbocycles. The number of halogens is 1. The second-order valence-corrected chi connectivity index (χ2v) is 7.17. The van der Waals surface area contributed by atoms with Crippen LogP contribution in [0, 0.1) is 0 Å². The lowest BCUT2D eigenvalue weighted by Crippen LogP contribution is -2.21. The van der Waals surface area contributed by atoms with E-state index in [1.165, 1.54) is 11.3 Å². The molecule has 0 saturated carbocycles. The summed E-state index contributed by atoms with van der Waals surface area (Å²) in [6, 6.07) is 16.2. The van der Waals surface area contributed by atoms with Crippen LogP contribution in [0.1, 0.15) is 0 Å². The van der Waals surface area contributed by atoms with Crippen LogP contribution in [0.5, 0.6) is 0 Å². The Morgan fingerprint density at radius 2 is 1.93 bits per heavy atom. The zero-order chi connectivity index (χ0) is 19.5. The average Bonchev–Trinajstić information content (AvgIpc) is 3.15. The Kier molecular flexibility index (Phi) is 5.10. The molecule has 2 N–H and O–H groups in total. The van der Waals surface area contributed by atoms with Gasteiger partial charge in [-0.1, -0.05) is 41.9 Å². The molecule has 140 valence electrons. The highest BCUT2D eigenvalue weighted by Crippen LogP contribution is 2.25. The van der Waals surface area contributed by atoms with Crippen LogP contribution in [-0.4, -0.2) is 17.4 Å². The van der Waals surface area contributed by atoms with Crippen LogP contribution in [0.15, 0.2) is 69.2 Å². The third-order valence-corrected chi connectivity index (χ3v) is 5.07. The second-order valence-electron chi connectivity index (χ2n) is 5.90. The Bertz CT molecular complexity index is 1220. The van der Waals surface area contributed by atoms with E-state index in [1.54, 1.807) is 35.7 Å². The van der Waals surface area contributed by atoms with E-state index in [9.17, 15) is 9.59 Å². The van der Waals surface area contributed by atoms with Gasteiger partial charge in [0, 0.05) is 10.8 Å². The van der Waals surface area contributed by atoms with Gasteiger partial charge in [0.15, 0.2) is 5.13 Å². The first-order valence-corrected chi connectivity index (χ1v) is 9.63. The molecule has 6 nitrogen and oxygen atoms in total.